The zero-order chi connectivity index (χ0) is 21.6. The van der Waals surface area contributed by atoms with Gasteiger partial charge in [-0.15, -0.1) is 0 Å². The lowest BCUT2D eigenvalue weighted by Crippen LogP contribution is -2.51. The molecular weight excluding hydrogens is 402 g/mol. The van der Waals surface area contributed by atoms with E-state index in [0.29, 0.717) is 25.3 Å². The molecule has 0 aromatic heterocycles. The van der Waals surface area contributed by atoms with Crippen LogP contribution in [0.1, 0.15) is 5.56 Å². The number of sulfonamides is 1. The van der Waals surface area contributed by atoms with Gasteiger partial charge in [0.25, 0.3) is 0 Å². The number of carbonyl (C=O) groups excluding carboxylic acids is 1. The first-order chi connectivity index (χ1) is 14.4. The minimum atomic E-state index is -3.82. The number of methoxy groups -OCH3 is 1. The van der Waals surface area contributed by atoms with Gasteiger partial charge in [-0.1, -0.05) is 30.3 Å². The average Bonchev–Trinajstić information content (AvgIpc) is 2.77. The van der Waals surface area contributed by atoms with Crippen LogP contribution in [0.15, 0.2) is 59.5 Å². The third kappa shape index (κ3) is 5.59. The van der Waals surface area contributed by atoms with Crippen molar-refractivity contribution in [2.75, 3.05) is 53.4 Å². The number of benzene rings is 2. The summed E-state index contributed by atoms with van der Waals surface area (Å²) in [6.45, 7) is 2.89. The summed E-state index contributed by atoms with van der Waals surface area (Å²) in [7, 11) is -0.273. The summed E-state index contributed by atoms with van der Waals surface area (Å²) in [6, 6.07) is 16.0. The van der Waals surface area contributed by atoms with Crippen molar-refractivity contribution in [1.82, 2.24) is 14.1 Å². The predicted molar refractivity (Wildman–Crippen MR) is 116 cm³/mol. The summed E-state index contributed by atoms with van der Waals surface area (Å²) in [5.74, 6) is 0.423. The van der Waals surface area contributed by atoms with Crippen LogP contribution >= 0.6 is 0 Å². The Morgan fingerprint density at radius 3 is 2.23 bits per heavy atom. The average molecular weight is 432 g/mol. The van der Waals surface area contributed by atoms with Crippen molar-refractivity contribution in [3.8, 4) is 5.75 Å². The maximum atomic E-state index is 13.3. The quantitative estimate of drug-likeness (QED) is 0.636. The number of amides is 1. The smallest absolute Gasteiger partial charge is 0.243 e. The topological polar surface area (TPSA) is 70.2 Å². The highest BCUT2D eigenvalue weighted by molar-refractivity contribution is 7.89. The molecule has 1 aliphatic rings. The molecule has 0 spiro atoms. The molecule has 30 heavy (non-hydrogen) atoms. The molecule has 7 nitrogen and oxygen atoms in total. The van der Waals surface area contributed by atoms with Gasteiger partial charge in [0.2, 0.25) is 15.9 Å². The number of piperazine rings is 1. The van der Waals surface area contributed by atoms with Crippen LogP contribution in [0, 0.1) is 0 Å². The Morgan fingerprint density at radius 1 is 1.00 bits per heavy atom. The van der Waals surface area contributed by atoms with Gasteiger partial charge in [0.05, 0.1) is 18.6 Å². The van der Waals surface area contributed by atoms with E-state index in [1.807, 2.05) is 37.4 Å². The summed E-state index contributed by atoms with van der Waals surface area (Å²) in [5.41, 5.74) is 1.03. The molecule has 0 radical (unpaired) electrons. The zero-order valence-corrected chi connectivity index (χ0v) is 18.3. The van der Waals surface area contributed by atoms with Crippen LogP contribution in [-0.2, 0) is 21.2 Å². The fraction of sp³-hybridized carbons (Fsp3) is 0.409. The van der Waals surface area contributed by atoms with Crippen LogP contribution in [0.3, 0.4) is 0 Å². The van der Waals surface area contributed by atoms with Crippen molar-refractivity contribution in [3.63, 3.8) is 0 Å². The molecule has 1 amide bonds. The van der Waals surface area contributed by atoms with E-state index in [-0.39, 0.29) is 23.9 Å². The third-order valence-corrected chi connectivity index (χ3v) is 7.22. The highest BCUT2D eigenvalue weighted by Crippen LogP contribution is 2.20. The predicted octanol–water partition coefficient (Wildman–Crippen LogP) is 1.70. The van der Waals surface area contributed by atoms with E-state index in [4.69, 9.17) is 4.74 Å². The molecule has 0 N–H and O–H groups in total. The minimum absolute atomic E-state index is 0.155. The molecule has 2 aromatic rings. The fourth-order valence-electron chi connectivity index (χ4n) is 3.39. The highest BCUT2D eigenvalue weighted by Gasteiger charge is 2.29. The van der Waals surface area contributed by atoms with Gasteiger partial charge >= 0.3 is 0 Å². The molecule has 0 saturated carbocycles. The molecule has 1 heterocycles. The third-order valence-electron chi connectivity index (χ3n) is 5.36. The Balaban J connectivity index is 1.79. The van der Waals surface area contributed by atoms with E-state index < -0.39 is 10.0 Å². The molecule has 1 fully saturated rings. The SMILES string of the molecule is COc1ccc(S(=O)(=O)N(CCc2ccccc2)CC(=O)N2CCN(C)CC2)cc1. The Labute approximate surface area is 178 Å². The first-order valence-electron chi connectivity index (χ1n) is 10.0. The molecule has 0 bridgehead atoms. The number of ether oxygens (including phenoxy) is 1. The highest BCUT2D eigenvalue weighted by atomic mass is 32.2. The van der Waals surface area contributed by atoms with Gasteiger partial charge in [0, 0.05) is 32.7 Å². The lowest BCUT2D eigenvalue weighted by molar-refractivity contribution is -0.132. The van der Waals surface area contributed by atoms with Gasteiger partial charge in [0.1, 0.15) is 5.75 Å². The molecule has 162 valence electrons. The van der Waals surface area contributed by atoms with Crippen LogP contribution in [0.2, 0.25) is 0 Å². The lowest BCUT2D eigenvalue weighted by atomic mass is 10.1. The van der Waals surface area contributed by atoms with Crippen molar-refractivity contribution in [2.45, 2.75) is 11.3 Å². The largest absolute Gasteiger partial charge is 0.497 e. The Morgan fingerprint density at radius 2 is 1.63 bits per heavy atom. The Bertz CT molecular complexity index is 925. The van der Waals surface area contributed by atoms with E-state index in [1.54, 1.807) is 17.0 Å². The van der Waals surface area contributed by atoms with Gasteiger partial charge in [-0.2, -0.15) is 4.31 Å². The maximum Gasteiger partial charge on any atom is 0.243 e. The van der Waals surface area contributed by atoms with Crippen molar-refractivity contribution < 1.29 is 17.9 Å². The van der Waals surface area contributed by atoms with Crippen molar-refractivity contribution in [3.05, 3.63) is 60.2 Å². The number of hydrogen-bond donors (Lipinski definition) is 0. The van der Waals surface area contributed by atoms with Gasteiger partial charge in [-0.3, -0.25) is 4.79 Å². The van der Waals surface area contributed by atoms with E-state index in [2.05, 4.69) is 4.90 Å². The van der Waals surface area contributed by atoms with Crippen molar-refractivity contribution in [1.29, 1.82) is 0 Å². The molecule has 0 aliphatic carbocycles. The standard InChI is InChI=1S/C22H29N3O4S/c1-23-14-16-24(17-15-23)22(26)18-25(13-12-19-6-4-3-5-7-19)30(27,28)21-10-8-20(29-2)9-11-21/h3-11H,12-18H2,1-2H3. The van der Waals surface area contributed by atoms with Crippen molar-refractivity contribution in [2.24, 2.45) is 0 Å². The van der Waals surface area contributed by atoms with Crippen molar-refractivity contribution >= 4 is 15.9 Å². The molecule has 2 aromatic carbocycles. The molecular formula is C22H29N3O4S. The normalized spacial score (nSPS) is 15.4. The lowest BCUT2D eigenvalue weighted by Gasteiger charge is -2.33. The molecule has 8 heteroatoms. The summed E-state index contributed by atoms with van der Waals surface area (Å²) in [5, 5.41) is 0. The van der Waals surface area contributed by atoms with Gasteiger partial charge in [-0.25, -0.2) is 8.42 Å². The molecule has 0 unspecified atom stereocenters. The molecule has 1 aliphatic heterocycles. The number of rotatable bonds is 8. The first-order valence-corrected chi connectivity index (χ1v) is 11.5. The second kappa shape index (κ2) is 10.1. The molecule has 1 saturated heterocycles. The monoisotopic (exact) mass is 431 g/mol. The van der Waals surface area contributed by atoms with E-state index in [1.165, 1.54) is 23.5 Å². The number of nitrogens with zero attached hydrogens (tertiary/aromatic N) is 3. The second-order valence-electron chi connectivity index (χ2n) is 7.43. The van der Waals surface area contributed by atoms with Crippen LogP contribution in [-0.4, -0.2) is 81.9 Å². The van der Waals surface area contributed by atoms with Crippen LogP contribution in [0.25, 0.3) is 0 Å². The van der Waals surface area contributed by atoms with Gasteiger partial charge < -0.3 is 14.5 Å². The summed E-state index contributed by atoms with van der Waals surface area (Å²) >= 11 is 0. The summed E-state index contributed by atoms with van der Waals surface area (Å²) in [6.07, 6.45) is 0.534. The van der Waals surface area contributed by atoms with E-state index >= 15 is 0 Å². The van der Waals surface area contributed by atoms with E-state index in [0.717, 1.165) is 18.7 Å². The molecule has 3 rings (SSSR count). The Kier molecular flexibility index (Phi) is 7.47. The maximum absolute atomic E-state index is 13.3. The number of likely N-dealkylation sites (N-methyl/N-ethyl adjacent to an activating group) is 1. The van der Waals surface area contributed by atoms with E-state index in [9.17, 15) is 13.2 Å². The number of hydrogen-bond acceptors (Lipinski definition) is 5. The Hall–Kier alpha value is -2.42. The van der Waals surface area contributed by atoms with Crippen LogP contribution in [0.4, 0.5) is 0 Å². The fourth-order valence-corrected chi connectivity index (χ4v) is 4.78. The van der Waals surface area contributed by atoms with Crippen LogP contribution in [0.5, 0.6) is 5.75 Å². The summed E-state index contributed by atoms with van der Waals surface area (Å²) in [4.78, 5) is 16.9. The number of carbonyl (C=O) groups is 1. The van der Waals surface area contributed by atoms with Crippen LogP contribution < -0.4 is 4.74 Å². The minimum Gasteiger partial charge on any atom is -0.497 e. The van der Waals surface area contributed by atoms with Gasteiger partial charge in [0.15, 0.2) is 0 Å². The summed E-state index contributed by atoms with van der Waals surface area (Å²) < 4.78 is 33.1. The van der Waals surface area contributed by atoms with Gasteiger partial charge in [-0.05, 0) is 43.3 Å². The second-order valence-corrected chi connectivity index (χ2v) is 9.37. The zero-order valence-electron chi connectivity index (χ0n) is 17.5. The molecule has 0 atom stereocenters. The first kappa shape index (κ1) is 22.3.